The van der Waals surface area contributed by atoms with Gasteiger partial charge in [0.1, 0.15) is 19.1 Å². The number of hydrogen-bond donors (Lipinski definition) is 1. The smallest absolute Gasteiger partial charge is 0.315 e. The van der Waals surface area contributed by atoms with Gasteiger partial charge in [-0.2, -0.15) is 0 Å². The predicted molar refractivity (Wildman–Crippen MR) is 85.2 cm³/mol. The number of ether oxygens (including phenoxy) is 1. The van der Waals surface area contributed by atoms with Gasteiger partial charge < -0.3 is 9.64 Å². The minimum absolute atomic E-state index is 0.0439. The zero-order valence-corrected chi connectivity index (χ0v) is 12.7. The molecule has 1 fully saturated rings. The topological polar surface area (TPSA) is 30.7 Å². The van der Waals surface area contributed by atoms with Crippen molar-refractivity contribution in [3.63, 3.8) is 0 Å². The van der Waals surface area contributed by atoms with E-state index >= 15 is 0 Å². The van der Waals surface area contributed by atoms with Crippen molar-refractivity contribution in [1.82, 2.24) is 0 Å². The van der Waals surface area contributed by atoms with Crippen LogP contribution >= 0.6 is 0 Å². The van der Waals surface area contributed by atoms with Crippen LogP contribution in [0, 0.1) is 5.92 Å². The lowest BCUT2D eigenvalue weighted by Gasteiger charge is -2.13. The van der Waals surface area contributed by atoms with Crippen LogP contribution in [0.2, 0.25) is 0 Å². The van der Waals surface area contributed by atoms with Crippen molar-refractivity contribution in [2.24, 2.45) is 5.92 Å². The largest absolute Gasteiger partial charge is 0.460 e. The Labute approximate surface area is 131 Å². The van der Waals surface area contributed by atoms with Gasteiger partial charge in [-0.15, -0.1) is 0 Å². The van der Waals surface area contributed by atoms with Gasteiger partial charge in [0.25, 0.3) is 0 Å². The Kier molecular flexibility index (Phi) is 4.86. The van der Waals surface area contributed by atoms with Crippen molar-refractivity contribution in [2.45, 2.75) is 19.6 Å². The molecule has 1 unspecified atom stereocenters. The Morgan fingerprint density at radius 1 is 1.00 bits per heavy atom. The standard InChI is InChI=1S/C19H21NO2/c21-19(22-15-17-9-5-2-6-10-17)18-11-12-20(14-18)13-16-7-3-1-4-8-16/h1-10,18H,11-15H2/p+1/t18-/m0/s1. The van der Waals surface area contributed by atoms with Crippen molar-refractivity contribution in [3.05, 3.63) is 71.8 Å². The molecule has 2 aromatic rings. The first-order valence-electron chi connectivity index (χ1n) is 7.89. The highest BCUT2D eigenvalue weighted by atomic mass is 16.5. The molecule has 3 heteroatoms. The average Bonchev–Trinajstić information content (AvgIpc) is 3.03. The lowest BCUT2D eigenvalue weighted by atomic mass is 10.1. The van der Waals surface area contributed by atoms with Gasteiger partial charge in [0, 0.05) is 12.0 Å². The van der Waals surface area contributed by atoms with Crippen molar-refractivity contribution in [2.75, 3.05) is 13.1 Å². The van der Waals surface area contributed by atoms with Crippen LogP contribution in [0.4, 0.5) is 0 Å². The zero-order chi connectivity index (χ0) is 15.2. The van der Waals surface area contributed by atoms with Crippen molar-refractivity contribution < 1.29 is 14.4 Å². The second-order valence-electron chi connectivity index (χ2n) is 5.95. The van der Waals surface area contributed by atoms with E-state index in [9.17, 15) is 4.79 Å². The molecule has 2 aromatic carbocycles. The monoisotopic (exact) mass is 296 g/mol. The number of nitrogens with one attached hydrogen (secondary N) is 1. The highest BCUT2D eigenvalue weighted by molar-refractivity contribution is 5.72. The summed E-state index contributed by atoms with van der Waals surface area (Å²) in [6, 6.07) is 20.3. The maximum atomic E-state index is 12.2. The number of rotatable bonds is 5. The van der Waals surface area contributed by atoms with Gasteiger partial charge in [0.15, 0.2) is 0 Å². The van der Waals surface area contributed by atoms with Crippen molar-refractivity contribution >= 4 is 5.97 Å². The van der Waals surface area contributed by atoms with Crippen LogP contribution in [-0.2, 0) is 22.7 Å². The first-order chi connectivity index (χ1) is 10.8. The summed E-state index contributed by atoms with van der Waals surface area (Å²) in [5, 5.41) is 0. The van der Waals surface area contributed by atoms with Gasteiger partial charge in [-0.05, 0) is 5.56 Å². The molecule has 0 aromatic heterocycles. The first kappa shape index (κ1) is 14.8. The molecule has 1 saturated heterocycles. The Balaban J connectivity index is 1.46. The summed E-state index contributed by atoms with van der Waals surface area (Å²) in [4.78, 5) is 13.6. The Hall–Kier alpha value is -2.13. The molecule has 2 atom stereocenters. The maximum absolute atomic E-state index is 12.2. The molecular weight excluding hydrogens is 274 g/mol. The summed E-state index contributed by atoms with van der Waals surface area (Å²) in [6.45, 7) is 3.29. The van der Waals surface area contributed by atoms with E-state index < -0.39 is 0 Å². The second-order valence-corrected chi connectivity index (χ2v) is 5.95. The summed E-state index contributed by atoms with van der Waals surface area (Å²) >= 11 is 0. The van der Waals surface area contributed by atoms with E-state index in [1.165, 1.54) is 10.5 Å². The van der Waals surface area contributed by atoms with Crippen LogP contribution in [0.1, 0.15) is 17.5 Å². The molecular formula is C19H22NO2+. The Morgan fingerprint density at radius 2 is 1.64 bits per heavy atom. The van der Waals surface area contributed by atoms with E-state index in [2.05, 4.69) is 24.3 Å². The number of likely N-dealkylation sites (tertiary alicyclic amines) is 1. The summed E-state index contributed by atoms with van der Waals surface area (Å²) in [6.07, 6.45) is 0.926. The Bertz CT molecular complexity index is 597. The molecule has 22 heavy (non-hydrogen) atoms. The second kappa shape index (κ2) is 7.23. The average molecular weight is 296 g/mol. The van der Waals surface area contributed by atoms with E-state index in [4.69, 9.17) is 4.74 Å². The molecule has 0 radical (unpaired) electrons. The first-order valence-corrected chi connectivity index (χ1v) is 7.89. The summed E-state index contributed by atoms with van der Waals surface area (Å²) in [5.41, 5.74) is 2.37. The normalized spacial score (nSPS) is 20.7. The molecule has 1 aliphatic heterocycles. The van der Waals surface area contributed by atoms with Crippen LogP contribution < -0.4 is 4.90 Å². The van der Waals surface area contributed by atoms with Crippen LogP contribution in [-0.4, -0.2) is 19.1 Å². The van der Waals surface area contributed by atoms with Crippen LogP contribution in [0.25, 0.3) is 0 Å². The van der Waals surface area contributed by atoms with Gasteiger partial charge in [-0.25, -0.2) is 0 Å². The minimum Gasteiger partial charge on any atom is -0.460 e. The molecule has 1 heterocycles. The van der Waals surface area contributed by atoms with E-state index in [1.54, 1.807) is 0 Å². The molecule has 1 aliphatic rings. The van der Waals surface area contributed by atoms with Crippen LogP contribution in [0.5, 0.6) is 0 Å². The maximum Gasteiger partial charge on any atom is 0.315 e. The van der Waals surface area contributed by atoms with E-state index in [0.29, 0.717) is 6.61 Å². The molecule has 1 N–H and O–H groups in total. The highest BCUT2D eigenvalue weighted by Gasteiger charge is 2.32. The summed E-state index contributed by atoms with van der Waals surface area (Å²) in [5.74, 6) is -0.00524. The van der Waals surface area contributed by atoms with E-state index in [1.807, 2.05) is 36.4 Å². The number of esters is 1. The molecule has 0 saturated carbocycles. The van der Waals surface area contributed by atoms with Gasteiger partial charge in [-0.3, -0.25) is 4.79 Å². The van der Waals surface area contributed by atoms with Gasteiger partial charge in [-0.1, -0.05) is 60.7 Å². The third-order valence-electron chi connectivity index (χ3n) is 4.24. The van der Waals surface area contributed by atoms with Crippen LogP contribution in [0.15, 0.2) is 60.7 Å². The predicted octanol–water partition coefficient (Wildman–Crippen LogP) is 1.83. The number of carbonyl (C=O) groups is 1. The summed E-state index contributed by atoms with van der Waals surface area (Å²) < 4.78 is 5.46. The molecule has 0 bridgehead atoms. The van der Waals surface area contributed by atoms with Gasteiger partial charge >= 0.3 is 5.97 Å². The fourth-order valence-corrected chi connectivity index (χ4v) is 3.02. The third kappa shape index (κ3) is 3.95. The SMILES string of the molecule is O=C(OCc1ccccc1)[C@H]1CC[NH+](Cc2ccccc2)C1. The van der Waals surface area contributed by atoms with Gasteiger partial charge in [0.05, 0.1) is 13.1 Å². The highest BCUT2D eigenvalue weighted by Crippen LogP contribution is 2.10. The number of quaternary nitrogens is 1. The number of hydrogen-bond acceptors (Lipinski definition) is 2. The zero-order valence-electron chi connectivity index (χ0n) is 12.7. The minimum atomic E-state index is -0.0492. The van der Waals surface area contributed by atoms with E-state index in [0.717, 1.165) is 31.6 Å². The molecule has 0 spiro atoms. The summed E-state index contributed by atoms with van der Waals surface area (Å²) in [7, 11) is 0. The molecule has 0 aliphatic carbocycles. The number of carbonyl (C=O) groups excluding carboxylic acids is 1. The lowest BCUT2D eigenvalue weighted by Crippen LogP contribution is -3.09. The molecule has 114 valence electrons. The fourth-order valence-electron chi connectivity index (χ4n) is 3.02. The van der Waals surface area contributed by atoms with Crippen LogP contribution in [0.3, 0.4) is 0 Å². The quantitative estimate of drug-likeness (QED) is 0.854. The number of benzene rings is 2. The lowest BCUT2D eigenvalue weighted by molar-refractivity contribution is -0.902. The van der Waals surface area contributed by atoms with E-state index in [-0.39, 0.29) is 11.9 Å². The Morgan fingerprint density at radius 3 is 2.32 bits per heavy atom. The molecule has 3 rings (SSSR count). The molecule has 0 amide bonds. The fraction of sp³-hybridized carbons (Fsp3) is 0.316. The molecule has 3 nitrogen and oxygen atoms in total. The van der Waals surface area contributed by atoms with Gasteiger partial charge in [0.2, 0.25) is 0 Å². The van der Waals surface area contributed by atoms with Crippen molar-refractivity contribution in [3.8, 4) is 0 Å². The third-order valence-corrected chi connectivity index (χ3v) is 4.24. The van der Waals surface area contributed by atoms with Crippen molar-refractivity contribution in [1.29, 1.82) is 0 Å².